The lowest BCUT2D eigenvalue weighted by Crippen LogP contribution is -2.46. The van der Waals surface area contributed by atoms with E-state index in [9.17, 15) is 14.4 Å². The Morgan fingerprint density at radius 3 is 2.52 bits per heavy atom. The number of nitrogens with zero attached hydrogens (tertiary/aromatic N) is 1. The van der Waals surface area contributed by atoms with E-state index in [1.54, 1.807) is 0 Å². The summed E-state index contributed by atoms with van der Waals surface area (Å²) in [7, 11) is 1.52. The minimum atomic E-state index is -0.980. The van der Waals surface area contributed by atoms with Gasteiger partial charge in [0.1, 0.15) is 6.54 Å². The number of nitrogens with one attached hydrogen (secondary N) is 2. The first-order valence-electron chi connectivity index (χ1n) is 6.96. The highest BCUT2D eigenvalue weighted by molar-refractivity contribution is 5.84. The number of carbonyl (C=O) groups excluding carboxylic acids is 2. The molecule has 1 aliphatic rings. The summed E-state index contributed by atoms with van der Waals surface area (Å²) in [4.78, 5) is 35.3. The Morgan fingerprint density at radius 1 is 1.33 bits per heavy atom. The second kappa shape index (κ2) is 7.82. The van der Waals surface area contributed by atoms with E-state index in [0.717, 1.165) is 0 Å². The van der Waals surface area contributed by atoms with Crippen molar-refractivity contribution >= 4 is 17.9 Å². The number of carbonyl (C=O) groups is 3. The van der Waals surface area contributed by atoms with E-state index in [-0.39, 0.29) is 31.1 Å². The Bertz CT molecular complexity index is 399. The number of hydrogen-bond acceptors (Lipinski definition) is 4. The lowest BCUT2D eigenvalue weighted by Gasteiger charge is -2.20. The number of carboxylic acid groups (broad SMARTS) is 1. The third-order valence-corrected chi connectivity index (χ3v) is 3.04. The van der Waals surface area contributed by atoms with Gasteiger partial charge in [0.2, 0.25) is 5.91 Å². The minimum Gasteiger partial charge on any atom is -0.479 e. The average molecular weight is 301 g/mol. The maximum Gasteiger partial charge on any atom is 0.332 e. The van der Waals surface area contributed by atoms with Crippen LogP contribution in [0.1, 0.15) is 26.7 Å². The zero-order valence-corrected chi connectivity index (χ0v) is 12.6. The van der Waals surface area contributed by atoms with E-state index < -0.39 is 18.1 Å². The quantitative estimate of drug-likeness (QED) is 0.629. The number of ether oxygens (including phenoxy) is 1. The van der Waals surface area contributed by atoms with Crippen LogP contribution in [0.25, 0.3) is 0 Å². The Morgan fingerprint density at radius 2 is 2.00 bits per heavy atom. The second-order valence-corrected chi connectivity index (χ2v) is 5.43. The van der Waals surface area contributed by atoms with Crippen molar-refractivity contribution in [1.82, 2.24) is 15.5 Å². The van der Waals surface area contributed by atoms with Gasteiger partial charge in [0.05, 0.1) is 6.10 Å². The summed E-state index contributed by atoms with van der Waals surface area (Å²) in [6.45, 7) is 3.88. The summed E-state index contributed by atoms with van der Waals surface area (Å²) in [5, 5.41) is 14.1. The average Bonchev–Trinajstić information content (AvgIpc) is 2.83. The van der Waals surface area contributed by atoms with Gasteiger partial charge in [-0.25, -0.2) is 9.59 Å². The fourth-order valence-electron chi connectivity index (χ4n) is 2.03. The van der Waals surface area contributed by atoms with E-state index in [4.69, 9.17) is 9.84 Å². The van der Waals surface area contributed by atoms with Crippen LogP contribution in [0.4, 0.5) is 4.79 Å². The van der Waals surface area contributed by atoms with Crippen molar-refractivity contribution in [2.45, 2.75) is 44.9 Å². The molecule has 0 aromatic carbocycles. The van der Waals surface area contributed by atoms with Crippen LogP contribution in [0.5, 0.6) is 0 Å². The third-order valence-electron chi connectivity index (χ3n) is 3.04. The normalized spacial score (nSPS) is 21.1. The highest BCUT2D eigenvalue weighted by atomic mass is 16.5. The van der Waals surface area contributed by atoms with Crippen molar-refractivity contribution in [3.05, 3.63) is 0 Å². The molecule has 0 radical (unpaired) electrons. The standard InChI is InChI=1S/C13H23N3O5/c1-8(2)15-11(17)7-16(3)13(20)14-6-9-4-5-10(21-9)12(18)19/h8-10H,4-7H2,1-3H3,(H,14,20)(H,15,17)(H,18,19). The van der Waals surface area contributed by atoms with Gasteiger partial charge in [0.25, 0.3) is 0 Å². The van der Waals surface area contributed by atoms with Gasteiger partial charge >= 0.3 is 12.0 Å². The van der Waals surface area contributed by atoms with E-state index in [2.05, 4.69) is 10.6 Å². The molecule has 8 heteroatoms. The topological polar surface area (TPSA) is 108 Å². The maximum atomic E-state index is 11.8. The smallest absolute Gasteiger partial charge is 0.332 e. The molecule has 3 N–H and O–H groups in total. The molecule has 0 spiro atoms. The van der Waals surface area contributed by atoms with E-state index in [0.29, 0.717) is 12.8 Å². The SMILES string of the molecule is CC(C)NC(=O)CN(C)C(=O)NCC1CCC(C(=O)O)O1. The van der Waals surface area contributed by atoms with Crippen LogP contribution in [0, 0.1) is 0 Å². The number of amides is 3. The van der Waals surface area contributed by atoms with E-state index >= 15 is 0 Å². The van der Waals surface area contributed by atoms with Crippen LogP contribution in [0.15, 0.2) is 0 Å². The first-order chi connectivity index (χ1) is 9.79. The Balaban J connectivity index is 2.27. The largest absolute Gasteiger partial charge is 0.479 e. The second-order valence-electron chi connectivity index (χ2n) is 5.43. The van der Waals surface area contributed by atoms with Crippen LogP contribution in [0.2, 0.25) is 0 Å². The number of aliphatic carboxylic acids is 1. The summed E-state index contributed by atoms with van der Waals surface area (Å²) < 4.78 is 5.27. The summed E-state index contributed by atoms with van der Waals surface area (Å²) in [5.41, 5.74) is 0. The lowest BCUT2D eigenvalue weighted by molar-refractivity contribution is -0.149. The van der Waals surface area contributed by atoms with Gasteiger partial charge in [-0.05, 0) is 26.7 Å². The van der Waals surface area contributed by atoms with Crippen LogP contribution in [0.3, 0.4) is 0 Å². The molecule has 3 amide bonds. The summed E-state index contributed by atoms with van der Waals surface area (Å²) >= 11 is 0. The molecular formula is C13H23N3O5. The van der Waals surface area contributed by atoms with Gasteiger partial charge < -0.3 is 25.4 Å². The molecule has 120 valence electrons. The highest BCUT2D eigenvalue weighted by Gasteiger charge is 2.30. The molecule has 0 bridgehead atoms. The predicted octanol–water partition coefficient (Wildman–Crippen LogP) is -0.215. The zero-order chi connectivity index (χ0) is 16.0. The van der Waals surface area contributed by atoms with Crippen LogP contribution in [-0.4, -0.2) is 66.3 Å². The fourth-order valence-corrected chi connectivity index (χ4v) is 2.03. The molecule has 0 aliphatic carbocycles. The Hall–Kier alpha value is -1.83. The third kappa shape index (κ3) is 5.99. The monoisotopic (exact) mass is 301 g/mol. The van der Waals surface area contributed by atoms with E-state index in [1.807, 2.05) is 13.8 Å². The lowest BCUT2D eigenvalue weighted by atomic mass is 10.2. The van der Waals surface area contributed by atoms with Crippen molar-refractivity contribution < 1.29 is 24.2 Å². The number of likely N-dealkylation sites (N-methyl/N-ethyl adjacent to an activating group) is 1. The van der Waals surface area contributed by atoms with Crippen LogP contribution in [-0.2, 0) is 14.3 Å². The zero-order valence-electron chi connectivity index (χ0n) is 12.6. The van der Waals surface area contributed by atoms with Crippen molar-refractivity contribution in [1.29, 1.82) is 0 Å². The number of urea groups is 1. The van der Waals surface area contributed by atoms with Gasteiger partial charge in [-0.3, -0.25) is 4.79 Å². The molecule has 0 aromatic heterocycles. The molecule has 2 atom stereocenters. The van der Waals surface area contributed by atoms with Crippen molar-refractivity contribution in [2.24, 2.45) is 0 Å². The van der Waals surface area contributed by atoms with Crippen molar-refractivity contribution in [3.63, 3.8) is 0 Å². The summed E-state index contributed by atoms with van der Waals surface area (Å²) in [6, 6.07) is -0.370. The van der Waals surface area contributed by atoms with Gasteiger partial charge in [0.15, 0.2) is 6.10 Å². The maximum absolute atomic E-state index is 11.8. The first kappa shape index (κ1) is 17.2. The highest BCUT2D eigenvalue weighted by Crippen LogP contribution is 2.19. The predicted molar refractivity (Wildman–Crippen MR) is 74.8 cm³/mol. The van der Waals surface area contributed by atoms with Gasteiger partial charge in [-0.1, -0.05) is 0 Å². The molecule has 1 fully saturated rings. The Kier molecular flexibility index (Phi) is 6.41. The van der Waals surface area contributed by atoms with Gasteiger partial charge in [-0.2, -0.15) is 0 Å². The summed E-state index contributed by atoms with van der Waals surface area (Å²) in [6.07, 6.45) is -0.0495. The molecule has 1 aliphatic heterocycles. The molecule has 0 saturated carbocycles. The van der Waals surface area contributed by atoms with Crippen LogP contribution >= 0.6 is 0 Å². The van der Waals surface area contributed by atoms with Crippen molar-refractivity contribution in [2.75, 3.05) is 20.1 Å². The summed E-state index contributed by atoms with van der Waals surface area (Å²) in [5.74, 6) is -1.21. The number of carboxylic acids is 1. The molecule has 1 saturated heterocycles. The van der Waals surface area contributed by atoms with Gasteiger partial charge in [-0.15, -0.1) is 0 Å². The molecule has 1 rings (SSSR count). The molecular weight excluding hydrogens is 278 g/mol. The molecule has 1 heterocycles. The molecule has 0 aromatic rings. The number of hydrogen-bond donors (Lipinski definition) is 3. The fraction of sp³-hybridized carbons (Fsp3) is 0.769. The first-order valence-corrected chi connectivity index (χ1v) is 6.96. The van der Waals surface area contributed by atoms with Crippen molar-refractivity contribution in [3.8, 4) is 0 Å². The van der Waals surface area contributed by atoms with Crippen LogP contribution < -0.4 is 10.6 Å². The minimum absolute atomic E-state index is 0.0220. The number of rotatable bonds is 6. The molecule has 21 heavy (non-hydrogen) atoms. The molecule has 2 unspecified atom stereocenters. The van der Waals surface area contributed by atoms with E-state index in [1.165, 1.54) is 11.9 Å². The van der Waals surface area contributed by atoms with Gasteiger partial charge in [0, 0.05) is 19.6 Å². The Labute approximate surface area is 123 Å². The molecule has 8 nitrogen and oxygen atoms in total.